The number of amides is 2. The molecule has 2 N–H and O–H groups in total. The number of carbonyl (C=O) groups is 1. The van der Waals surface area contributed by atoms with E-state index in [4.69, 9.17) is 23.2 Å². The predicted molar refractivity (Wildman–Crippen MR) is 73.3 cm³/mol. The van der Waals surface area contributed by atoms with Crippen molar-refractivity contribution in [3.05, 3.63) is 52.8 Å². The molecule has 2 aromatic rings. The van der Waals surface area contributed by atoms with Gasteiger partial charge in [0.1, 0.15) is 0 Å². The molecule has 18 heavy (non-hydrogen) atoms. The molecule has 1 aromatic heterocycles. The van der Waals surface area contributed by atoms with E-state index in [-0.39, 0.29) is 5.15 Å². The molecule has 1 heterocycles. The Kier molecular flexibility index (Phi) is 4.02. The van der Waals surface area contributed by atoms with Gasteiger partial charge in [0.25, 0.3) is 0 Å². The third-order valence-electron chi connectivity index (χ3n) is 2.09. The third-order valence-corrected chi connectivity index (χ3v) is 2.63. The van der Waals surface area contributed by atoms with E-state index in [9.17, 15) is 4.79 Å². The first kappa shape index (κ1) is 12.7. The molecule has 0 bridgehead atoms. The molecular formula is C12H9Cl2N3O. The quantitative estimate of drug-likeness (QED) is 0.817. The highest BCUT2D eigenvalue weighted by Crippen LogP contribution is 2.18. The van der Waals surface area contributed by atoms with Crippen LogP contribution in [-0.2, 0) is 0 Å². The highest BCUT2D eigenvalue weighted by molar-refractivity contribution is 6.32. The Balaban J connectivity index is 2.03. The Labute approximate surface area is 114 Å². The maximum Gasteiger partial charge on any atom is 0.323 e. The van der Waals surface area contributed by atoms with E-state index in [1.807, 2.05) is 0 Å². The summed E-state index contributed by atoms with van der Waals surface area (Å²) in [5.41, 5.74) is 1.04. The van der Waals surface area contributed by atoms with Crippen LogP contribution >= 0.6 is 23.2 Å². The van der Waals surface area contributed by atoms with Gasteiger partial charge in [-0.15, -0.1) is 0 Å². The number of nitrogens with one attached hydrogen (secondary N) is 2. The molecule has 0 unspecified atom stereocenters. The minimum atomic E-state index is -0.410. The van der Waals surface area contributed by atoms with Crippen LogP contribution < -0.4 is 10.6 Å². The summed E-state index contributed by atoms with van der Waals surface area (Å²) >= 11 is 11.6. The van der Waals surface area contributed by atoms with Gasteiger partial charge in [-0.25, -0.2) is 9.78 Å². The van der Waals surface area contributed by atoms with E-state index >= 15 is 0 Å². The maximum atomic E-state index is 11.7. The summed E-state index contributed by atoms with van der Waals surface area (Å²) in [6.07, 6.45) is 1.54. The molecule has 2 amide bonds. The molecule has 4 nitrogen and oxygen atoms in total. The number of anilines is 2. The second-order valence-electron chi connectivity index (χ2n) is 3.43. The Morgan fingerprint density at radius 1 is 1.11 bits per heavy atom. The molecule has 0 aliphatic heterocycles. The first-order valence-corrected chi connectivity index (χ1v) is 5.85. The Hall–Kier alpha value is -1.78. The predicted octanol–water partition coefficient (Wildman–Crippen LogP) is 4.03. The van der Waals surface area contributed by atoms with Crippen molar-refractivity contribution in [2.45, 2.75) is 0 Å². The van der Waals surface area contributed by atoms with Crippen molar-refractivity contribution in [3.8, 4) is 0 Å². The van der Waals surface area contributed by atoms with Gasteiger partial charge in [-0.1, -0.05) is 29.3 Å². The van der Waals surface area contributed by atoms with E-state index < -0.39 is 6.03 Å². The number of hydrogen-bond acceptors (Lipinski definition) is 2. The van der Waals surface area contributed by atoms with Crippen molar-refractivity contribution in [3.63, 3.8) is 0 Å². The minimum absolute atomic E-state index is 0.235. The van der Waals surface area contributed by atoms with Crippen LogP contribution in [0.5, 0.6) is 0 Å². The van der Waals surface area contributed by atoms with Crippen LogP contribution in [0.15, 0.2) is 42.6 Å². The molecule has 2 rings (SSSR count). The summed E-state index contributed by atoms with van der Waals surface area (Å²) in [7, 11) is 0. The van der Waals surface area contributed by atoms with Gasteiger partial charge in [-0.2, -0.15) is 0 Å². The smallest absolute Gasteiger partial charge is 0.308 e. The van der Waals surface area contributed by atoms with Gasteiger partial charge in [-0.05, 0) is 30.3 Å². The Morgan fingerprint density at radius 2 is 1.94 bits per heavy atom. The third kappa shape index (κ3) is 3.35. The number of urea groups is 1. The van der Waals surface area contributed by atoms with Crippen LogP contribution in [-0.4, -0.2) is 11.0 Å². The molecule has 0 atom stereocenters. The zero-order valence-corrected chi connectivity index (χ0v) is 10.7. The van der Waals surface area contributed by atoms with Crippen LogP contribution in [0.4, 0.5) is 16.2 Å². The van der Waals surface area contributed by atoms with Gasteiger partial charge in [0.2, 0.25) is 0 Å². The normalized spacial score (nSPS) is 9.89. The van der Waals surface area contributed by atoms with Crippen LogP contribution in [0, 0.1) is 0 Å². The standard InChI is InChI=1S/C12H9Cl2N3O/c13-8-3-1-4-9(7-8)16-12(18)17-10-5-2-6-15-11(10)14/h1-7H,(H2,16,17,18). The van der Waals surface area contributed by atoms with Crippen molar-refractivity contribution in [1.82, 2.24) is 4.98 Å². The number of nitrogens with zero attached hydrogens (tertiary/aromatic N) is 1. The van der Waals surface area contributed by atoms with Gasteiger partial charge in [-0.3, -0.25) is 0 Å². The molecule has 0 aliphatic carbocycles. The molecule has 0 spiro atoms. The first-order chi connectivity index (χ1) is 8.65. The van der Waals surface area contributed by atoms with Crippen molar-refractivity contribution in [2.24, 2.45) is 0 Å². The molecule has 0 aliphatic rings. The lowest BCUT2D eigenvalue weighted by molar-refractivity contribution is 0.262. The fourth-order valence-electron chi connectivity index (χ4n) is 1.33. The van der Waals surface area contributed by atoms with Gasteiger partial charge in [0.05, 0.1) is 5.69 Å². The van der Waals surface area contributed by atoms with Crippen molar-refractivity contribution in [1.29, 1.82) is 0 Å². The number of aromatic nitrogens is 1. The van der Waals surface area contributed by atoms with Gasteiger partial charge in [0, 0.05) is 16.9 Å². The van der Waals surface area contributed by atoms with E-state index in [0.717, 1.165) is 0 Å². The molecule has 6 heteroatoms. The summed E-state index contributed by atoms with van der Waals surface area (Å²) in [6.45, 7) is 0. The van der Waals surface area contributed by atoms with Crippen LogP contribution in [0.2, 0.25) is 10.2 Å². The monoisotopic (exact) mass is 281 g/mol. The van der Waals surface area contributed by atoms with E-state index in [1.165, 1.54) is 0 Å². The highest BCUT2D eigenvalue weighted by Gasteiger charge is 2.06. The number of pyridine rings is 1. The summed E-state index contributed by atoms with van der Waals surface area (Å²) in [6, 6.07) is 9.78. The van der Waals surface area contributed by atoms with Crippen LogP contribution in [0.25, 0.3) is 0 Å². The van der Waals surface area contributed by atoms with Crippen molar-refractivity contribution < 1.29 is 4.79 Å². The Bertz CT molecular complexity index is 575. The lowest BCUT2D eigenvalue weighted by atomic mass is 10.3. The largest absolute Gasteiger partial charge is 0.323 e. The fraction of sp³-hybridized carbons (Fsp3) is 0. The van der Waals surface area contributed by atoms with Crippen LogP contribution in [0.3, 0.4) is 0 Å². The number of rotatable bonds is 2. The molecular weight excluding hydrogens is 273 g/mol. The topological polar surface area (TPSA) is 54.0 Å². The minimum Gasteiger partial charge on any atom is -0.308 e. The number of carbonyl (C=O) groups excluding carboxylic acids is 1. The summed E-state index contributed by atoms with van der Waals surface area (Å²) in [4.78, 5) is 15.5. The molecule has 0 saturated heterocycles. The van der Waals surface area contributed by atoms with Gasteiger partial charge in [0.15, 0.2) is 5.15 Å². The molecule has 1 aromatic carbocycles. The molecule has 0 radical (unpaired) electrons. The van der Waals surface area contributed by atoms with Gasteiger partial charge < -0.3 is 10.6 Å². The number of hydrogen-bond donors (Lipinski definition) is 2. The zero-order chi connectivity index (χ0) is 13.0. The average molecular weight is 282 g/mol. The molecule has 92 valence electrons. The second kappa shape index (κ2) is 5.71. The summed E-state index contributed by atoms with van der Waals surface area (Å²) in [5, 5.41) is 6.01. The highest BCUT2D eigenvalue weighted by atomic mass is 35.5. The molecule has 0 saturated carbocycles. The zero-order valence-electron chi connectivity index (χ0n) is 9.15. The fourth-order valence-corrected chi connectivity index (χ4v) is 1.69. The van der Waals surface area contributed by atoms with Crippen molar-refractivity contribution >= 4 is 40.6 Å². The Morgan fingerprint density at radius 3 is 2.67 bits per heavy atom. The number of halogens is 2. The first-order valence-electron chi connectivity index (χ1n) is 5.09. The average Bonchev–Trinajstić information content (AvgIpc) is 2.32. The summed E-state index contributed by atoms with van der Waals surface area (Å²) < 4.78 is 0. The summed E-state index contributed by atoms with van der Waals surface area (Å²) in [5.74, 6) is 0. The maximum absolute atomic E-state index is 11.7. The van der Waals surface area contributed by atoms with E-state index in [0.29, 0.717) is 16.4 Å². The second-order valence-corrected chi connectivity index (χ2v) is 4.23. The van der Waals surface area contributed by atoms with E-state index in [1.54, 1.807) is 42.6 Å². The van der Waals surface area contributed by atoms with E-state index in [2.05, 4.69) is 15.6 Å². The number of benzene rings is 1. The lowest BCUT2D eigenvalue weighted by Crippen LogP contribution is -2.19. The molecule has 0 fully saturated rings. The van der Waals surface area contributed by atoms with Gasteiger partial charge >= 0.3 is 6.03 Å². The van der Waals surface area contributed by atoms with Crippen molar-refractivity contribution in [2.75, 3.05) is 10.6 Å². The van der Waals surface area contributed by atoms with Crippen LogP contribution in [0.1, 0.15) is 0 Å². The lowest BCUT2D eigenvalue weighted by Gasteiger charge is -2.08. The SMILES string of the molecule is O=C(Nc1cccc(Cl)c1)Nc1cccnc1Cl.